The Bertz CT molecular complexity index is 1410. The molecule has 13 nitrogen and oxygen atoms in total. The summed E-state index contributed by atoms with van der Waals surface area (Å²) < 4.78 is 0. The molecule has 13 heteroatoms. The fourth-order valence-corrected chi connectivity index (χ4v) is 6.42. The van der Waals surface area contributed by atoms with Crippen molar-refractivity contribution < 1.29 is 39.6 Å². The van der Waals surface area contributed by atoms with Gasteiger partial charge in [0, 0.05) is 43.4 Å². The van der Waals surface area contributed by atoms with Crippen molar-refractivity contribution in [2.24, 2.45) is 17.6 Å². The number of hydrogen-bond donors (Lipinski definition) is 6. The van der Waals surface area contributed by atoms with Crippen molar-refractivity contribution in [3.8, 4) is 5.75 Å². The number of hydrogen-bond acceptors (Lipinski definition) is 11. The van der Waals surface area contributed by atoms with Gasteiger partial charge in [-0.05, 0) is 58.6 Å². The van der Waals surface area contributed by atoms with Crippen LogP contribution in [0.1, 0.15) is 23.1 Å². The Labute approximate surface area is 237 Å². The summed E-state index contributed by atoms with van der Waals surface area (Å²) in [5.74, 6) is -7.34. The van der Waals surface area contributed by atoms with E-state index in [0.29, 0.717) is 16.8 Å². The van der Waals surface area contributed by atoms with E-state index < -0.39 is 58.0 Å². The Hall–Kier alpha value is -3.94. The summed E-state index contributed by atoms with van der Waals surface area (Å²) in [4.78, 5) is 56.6. The first-order chi connectivity index (χ1) is 19.0. The smallest absolute Gasteiger partial charge is 0.255 e. The molecule has 0 spiro atoms. The van der Waals surface area contributed by atoms with Gasteiger partial charge in [0.25, 0.3) is 5.91 Å². The molecule has 0 bridgehead atoms. The van der Waals surface area contributed by atoms with Crippen LogP contribution in [-0.2, 0) is 32.1 Å². The first-order valence-corrected chi connectivity index (χ1v) is 13.1. The number of anilines is 1. The number of nitrogens with one attached hydrogen (secondary N) is 1. The fourth-order valence-electron chi connectivity index (χ4n) is 6.42. The lowest BCUT2D eigenvalue weighted by atomic mass is 9.57. The van der Waals surface area contributed by atoms with Gasteiger partial charge in [-0.1, -0.05) is 0 Å². The van der Waals surface area contributed by atoms with Crippen LogP contribution in [0.15, 0.2) is 23.0 Å². The molecule has 1 fully saturated rings. The number of benzene rings is 1. The number of amides is 2. The molecule has 0 aromatic heterocycles. The summed E-state index contributed by atoms with van der Waals surface area (Å²) in [6, 6.07) is 0.548. The third kappa shape index (κ3) is 4.63. The van der Waals surface area contributed by atoms with Gasteiger partial charge in [-0.15, -0.1) is 0 Å². The van der Waals surface area contributed by atoms with E-state index >= 15 is 0 Å². The third-order valence-corrected chi connectivity index (χ3v) is 8.19. The number of phenolic OH excluding ortho intramolecular Hbond substituents is 1. The van der Waals surface area contributed by atoms with Crippen LogP contribution in [0.5, 0.6) is 5.75 Å². The second kappa shape index (κ2) is 10.5. The zero-order chi connectivity index (χ0) is 30.7. The minimum Gasteiger partial charge on any atom is -0.508 e. The number of nitrogens with zero attached hydrogens (tertiary/aromatic N) is 3. The minimum atomic E-state index is -2.71. The van der Waals surface area contributed by atoms with Crippen LogP contribution in [0, 0.1) is 11.8 Å². The maximum atomic E-state index is 14.0. The number of carbonyl (C=O) groups is 4. The molecule has 1 aromatic rings. The van der Waals surface area contributed by atoms with Crippen molar-refractivity contribution in [1.82, 2.24) is 15.1 Å². The molecule has 1 saturated carbocycles. The quantitative estimate of drug-likeness (QED) is 0.224. The highest BCUT2D eigenvalue weighted by molar-refractivity contribution is 6.24. The zero-order valence-electron chi connectivity index (χ0n) is 24.0. The van der Waals surface area contributed by atoms with Gasteiger partial charge in [0.15, 0.2) is 11.4 Å². The number of phenols is 1. The monoisotopic (exact) mass is 571 g/mol. The number of rotatable bonds is 7. The number of aliphatic hydroxyl groups excluding tert-OH is 2. The van der Waals surface area contributed by atoms with E-state index in [-0.39, 0.29) is 48.7 Å². The Morgan fingerprint density at radius 1 is 1.10 bits per heavy atom. The number of Topliss-reactive ketones (excluding diaryl/α,β-unsaturated/α-hetero) is 2. The average molecular weight is 572 g/mol. The van der Waals surface area contributed by atoms with E-state index in [1.165, 1.54) is 4.90 Å². The highest BCUT2D eigenvalue weighted by Gasteiger charge is 2.64. The molecule has 4 atom stereocenters. The van der Waals surface area contributed by atoms with Crippen LogP contribution in [-0.4, -0.2) is 114 Å². The van der Waals surface area contributed by atoms with Crippen LogP contribution >= 0.6 is 0 Å². The molecular formula is C28H37N5O8. The van der Waals surface area contributed by atoms with Gasteiger partial charge < -0.3 is 41.3 Å². The fraction of sp³-hybridized carbons (Fsp3) is 0.500. The van der Waals surface area contributed by atoms with Crippen LogP contribution in [0.25, 0.3) is 5.76 Å². The predicted octanol–water partition coefficient (Wildman–Crippen LogP) is -0.792. The number of ketones is 2. The summed E-state index contributed by atoms with van der Waals surface area (Å²) in [6.45, 7) is 0.0645. The van der Waals surface area contributed by atoms with Crippen molar-refractivity contribution in [2.75, 3.05) is 53.7 Å². The standard InChI is InChI=1S/C28H37N5O8/c1-31(2)11-17(34)30-10-13-9-16(32(3)4)14-7-12-8-15-21(33(5)6)24(37)20(27(29)40)26(39)28(15,41)25(38)18(12)23(36)19(14)22(13)35/h9,12,15,21,35-36,39,41H,7-8,10-11H2,1-6H3,(H2,29,40)(H,30,34)/t12-,15-,21-,28-/m0/s1. The van der Waals surface area contributed by atoms with Gasteiger partial charge in [0.05, 0.1) is 18.2 Å². The molecule has 2 amide bonds. The molecule has 0 radical (unpaired) electrons. The summed E-state index contributed by atoms with van der Waals surface area (Å²) in [5.41, 5.74) is 3.01. The number of aliphatic hydroxyl groups is 3. The van der Waals surface area contributed by atoms with Crippen LogP contribution in [0.4, 0.5) is 5.69 Å². The molecule has 4 rings (SSSR count). The molecule has 222 valence electrons. The van der Waals surface area contributed by atoms with Crippen molar-refractivity contribution >= 4 is 34.8 Å². The van der Waals surface area contributed by atoms with Gasteiger partial charge in [-0.3, -0.25) is 24.1 Å². The maximum Gasteiger partial charge on any atom is 0.255 e. The van der Waals surface area contributed by atoms with Crippen molar-refractivity contribution in [2.45, 2.75) is 31.0 Å². The van der Waals surface area contributed by atoms with Gasteiger partial charge in [0.2, 0.25) is 11.7 Å². The molecule has 7 N–H and O–H groups in total. The molecule has 41 heavy (non-hydrogen) atoms. The van der Waals surface area contributed by atoms with E-state index in [9.17, 15) is 39.6 Å². The van der Waals surface area contributed by atoms with Crippen LogP contribution < -0.4 is 16.0 Å². The molecule has 1 aromatic carbocycles. The summed E-state index contributed by atoms with van der Waals surface area (Å²) in [7, 11) is 10.1. The number of primary amides is 1. The van der Waals surface area contributed by atoms with Gasteiger partial charge in [-0.25, -0.2) is 0 Å². The lowest BCUT2D eigenvalue weighted by molar-refractivity contribution is -0.153. The lowest BCUT2D eigenvalue weighted by Gasteiger charge is -2.50. The highest BCUT2D eigenvalue weighted by atomic mass is 16.3. The Morgan fingerprint density at radius 3 is 2.27 bits per heavy atom. The second-order valence-corrected chi connectivity index (χ2v) is 11.6. The number of likely N-dealkylation sites (N-methyl/N-ethyl adjacent to an activating group) is 2. The highest BCUT2D eigenvalue weighted by Crippen LogP contribution is 2.54. The average Bonchev–Trinajstić information content (AvgIpc) is 2.84. The number of carbonyl (C=O) groups excluding carboxylic acids is 4. The van der Waals surface area contributed by atoms with Crippen molar-refractivity contribution in [3.05, 3.63) is 39.7 Å². The molecule has 3 aliphatic rings. The molecule has 0 aliphatic heterocycles. The largest absolute Gasteiger partial charge is 0.508 e. The minimum absolute atomic E-state index is 0.00172. The van der Waals surface area contributed by atoms with Crippen LogP contribution in [0.2, 0.25) is 0 Å². The Morgan fingerprint density at radius 2 is 1.73 bits per heavy atom. The summed E-state index contributed by atoms with van der Waals surface area (Å²) in [5, 5.41) is 48.3. The van der Waals surface area contributed by atoms with E-state index in [1.807, 2.05) is 0 Å². The maximum absolute atomic E-state index is 14.0. The lowest BCUT2D eigenvalue weighted by Crippen LogP contribution is -2.65. The zero-order valence-corrected chi connectivity index (χ0v) is 24.0. The summed E-state index contributed by atoms with van der Waals surface area (Å²) >= 11 is 0. The van der Waals surface area contributed by atoms with Crippen molar-refractivity contribution in [3.63, 3.8) is 0 Å². The second-order valence-electron chi connectivity index (χ2n) is 11.6. The molecule has 0 unspecified atom stereocenters. The van der Waals surface area contributed by atoms with E-state index in [0.717, 1.165) is 0 Å². The number of aromatic hydroxyl groups is 1. The molecule has 0 saturated heterocycles. The van der Waals surface area contributed by atoms with E-state index in [1.54, 1.807) is 58.2 Å². The first-order valence-electron chi connectivity index (χ1n) is 13.1. The first kappa shape index (κ1) is 30.0. The van der Waals surface area contributed by atoms with Gasteiger partial charge in [-0.2, -0.15) is 0 Å². The topological polar surface area (TPSA) is 197 Å². The predicted molar refractivity (Wildman–Crippen MR) is 149 cm³/mol. The molecule has 3 aliphatic carbocycles. The normalized spacial score (nSPS) is 25.7. The van der Waals surface area contributed by atoms with E-state index in [4.69, 9.17) is 5.73 Å². The SMILES string of the molecule is CN(C)CC(=O)NCc1cc(N(C)C)c2c(c1O)C(O)=C1C(=O)[C@]3(O)C(O)=C(C(N)=O)C(=O)[C@@H](N(C)C)[C@@H]3C[C@@H]1C2. The molecular weight excluding hydrogens is 534 g/mol. The molecule has 0 heterocycles. The third-order valence-electron chi connectivity index (χ3n) is 8.19. The van der Waals surface area contributed by atoms with Crippen LogP contribution in [0.3, 0.4) is 0 Å². The summed E-state index contributed by atoms with van der Waals surface area (Å²) in [6.07, 6.45) is 0.171. The number of nitrogens with two attached hydrogens (primary N) is 1. The van der Waals surface area contributed by atoms with Gasteiger partial charge >= 0.3 is 0 Å². The van der Waals surface area contributed by atoms with Crippen molar-refractivity contribution in [1.29, 1.82) is 0 Å². The van der Waals surface area contributed by atoms with Gasteiger partial charge in [0.1, 0.15) is 22.8 Å². The Balaban J connectivity index is 1.90. The number of fused-ring (bicyclic) bond motifs is 3. The Kier molecular flexibility index (Phi) is 7.67. The van der Waals surface area contributed by atoms with E-state index in [2.05, 4.69) is 5.32 Å².